The van der Waals surface area contributed by atoms with Crippen LogP contribution < -0.4 is 11.7 Å². The molecule has 0 fully saturated rings. The SMILES string of the molecule is NN.O.O=C1O[C@H]([C@@H](O)CO)C(O)=C1O. The quantitative estimate of drug-likeness (QED) is 0.159. The number of hydrogen-bond acceptors (Lipinski definition) is 8. The number of rotatable bonds is 2. The lowest BCUT2D eigenvalue weighted by atomic mass is 10.2. The molecule has 0 aromatic carbocycles. The van der Waals surface area contributed by atoms with Crippen LogP contribution >= 0.6 is 0 Å². The fraction of sp³-hybridized carbons (Fsp3) is 0.500. The van der Waals surface area contributed by atoms with Crippen molar-refractivity contribution in [2.45, 2.75) is 12.2 Å². The molecule has 0 saturated carbocycles. The number of aliphatic hydroxyl groups is 4. The summed E-state index contributed by atoms with van der Waals surface area (Å²) in [7, 11) is 0. The average Bonchev–Trinajstić information content (AvgIpc) is 2.48. The summed E-state index contributed by atoms with van der Waals surface area (Å²) in [5.74, 6) is 5.22. The van der Waals surface area contributed by atoms with Crippen molar-refractivity contribution in [1.82, 2.24) is 0 Å². The first kappa shape index (κ1) is 16.1. The summed E-state index contributed by atoms with van der Waals surface area (Å²) in [5, 5.41) is 35.0. The third-order valence-corrected chi connectivity index (χ3v) is 1.48. The number of ether oxygens (including phenoxy) is 1. The third-order valence-electron chi connectivity index (χ3n) is 1.48. The highest BCUT2D eigenvalue weighted by Gasteiger charge is 2.38. The molecule has 0 bridgehead atoms. The zero-order valence-corrected chi connectivity index (χ0v) is 7.62. The van der Waals surface area contributed by atoms with Crippen LogP contribution in [0.4, 0.5) is 0 Å². The van der Waals surface area contributed by atoms with Crippen molar-refractivity contribution >= 4 is 5.97 Å². The molecular formula is C6H14N2O7. The zero-order chi connectivity index (χ0) is 11.3. The maximum absolute atomic E-state index is 10.5. The molecule has 0 saturated heterocycles. The molecule has 0 aromatic rings. The second-order valence-electron chi connectivity index (χ2n) is 2.31. The van der Waals surface area contributed by atoms with Crippen molar-refractivity contribution in [3.63, 3.8) is 0 Å². The van der Waals surface area contributed by atoms with Crippen LogP contribution in [0, 0.1) is 0 Å². The number of aliphatic hydroxyl groups excluding tert-OH is 4. The lowest BCUT2D eigenvalue weighted by Crippen LogP contribution is -2.31. The number of carbonyl (C=O) groups excluding carboxylic acids is 1. The second-order valence-corrected chi connectivity index (χ2v) is 2.31. The Balaban J connectivity index is 0. The Bertz CT molecular complexity index is 242. The molecule has 1 heterocycles. The Kier molecular flexibility index (Phi) is 7.47. The molecule has 9 nitrogen and oxygen atoms in total. The normalized spacial score (nSPS) is 21.1. The van der Waals surface area contributed by atoms with E-state index in [4.69, 9.17) is 20.4 Å². The standard InChI is InChI=1S/C6H8O6.H4N2.H2O/c7-1-2(8)5-3(9)4(10)6(11)12-5;1-2;/h2,5,7-10H,1H2;1-2H2;1H2/t2-,5+;;/m0../s1. The van der Waals surface area contributed by atoms with Crippen LogP contribution in [-0.2, 0) is 9.53 Å². The Morgan fingerprint density at radius 3 is 2.13 bits per heavy atom. The number of carbonyl (C=O) groups is 1. The van der Waals surface area contributed by atoms with E-state index < -0.39 is 36.3 Å². The minimum atomic E-state index is -1.42. The molecule has 0 unspecified atom stereocenters. The number of cyclic esters (lactones) is 1. The van der Waals surface area contributed by atoms with Crippen LogP contribution in [0.1, 0.15) is 0 Å². The first-order chi connectivity index (χ1) is 6.57. The van der Waals surface area contributed by atoms with Crippen molar-refractivity contribution in [3.05, 3.63) is 11.5 Å². The van der Waals surface area contributed by atoms with Crippen molar-refractivity contribution in [1.29, 1.82) is 0 Å². The van der Waals surface area contributed by atoms with Crippen molar-refractivity contribution in [3.8, 4) is 0 Å². The van der Waals surface area contributed by atoms with E-state index in [9.17, 15) is 4.79 Å². The summed E-state index contributed by atoms with van der Waals surface area (Å²) in [5.41, 5.74) is 0. The van der Waals surface area contributed by atoms with Crippen LogP contribution in [0.15, 0.2) is 11.5 Å². The first-order valence-corrected chi connectivity index (χ1v) is 3.53. The summed E-state index contributed by atoms with van der Waals surface area (Å²) in [6, 6.07) is 0. The van der Waals surface area contributed by atoms with E-state index in [0.717, 1.165) is 0 Å². The van der Waals surface area contributed by atoms with E-state index in [1.165, 1.54) is 0 Å². The van der Waals surface area contributed by atoms with Crippen LogP contribution in [0.2, 0.25) is 0 Å². The number of hydrazine groups is 1. The maximum atomic E-state index is 10.5. The van der Waals surface area contributed by atoms with E-state index in [1.807, 2.05) is 0 Å². The average molecular weight is 226 g/mol. The number of esters is 1. The monoisotopic (exact) mass is 226 g/mol. The highest BCUT2D eigenvalue weighted by atomic mass is 16.6. The smallest absolute Gasteiger partial charge is 0.377 e. The predicted molar refractivity (Wildman–Crippen MR) is 47.2 cm³/mol. The van der Waals surface area contributed by atoms with Crippen LogP contribution in [-0.4, -0.2) is 50.7 Å². The van der Waals surface area contributed by atoms with Gasteiger partial charge in [0.1, 0.15) is 6.10 Å². The lowest BCUT2D eigenvalue weighted by molar-refractivity contribution is -0.147. The van der Waals surface area contributed by atoms with Crippen molar-refractivity contribution < 1.29 is 35.4 Å². The molecule has 0 spiro atoms. The molecule has 9 heteroatoms. The molecule has 2 atom stereocenters. The van der Waals surface area contributed by atoms with Crippen LogP contribution in [0.25, 0.3) is 0 Å². The van der Waals surface area contributed by atoms with Gasteiger partial charge in [-0.2, -0.15) is 0 Å². The van der Waals surface area contributed by atoms with E-state index in [0.29, 0.717) is 0 Å². The second kappa shape index (κ2) is 6.98. The van der Waals surface area contributed by atoms with Gasteiger partial charge in [-0.3, -0.25) is 11.7 Å². The summed E-state index contributed by atoms with van der Waals surface area (Å²) in [4.78, 5) is 10.5. The minimum absolute atomic E-state index is 0. The Morgan fingerprint density at radius 1 is 1.40 bits per heavy atom. The molecule has 0 aliphatic carbocycles. The van der Waals surface area contributed by atoms with Gasteiger partial charge in [-0.1, -0.05) is 0 Å². The van der Waals surface area contributed by atoms with Gasteiger partial charge in [-0.15, -0.1) is 0 Å². The number of hydrogen-bond donors (Lipinski definition) is 6. The van der Waals surface area contributed by atoms with E-state index in [-0.39, 0.29) is 5.48 Å². The van der Waals surface area contributed by atoms with Gasteiger partial charge in [0.05, 0.1) is 6.61 Å². The molecule has 1 rings (SSSR count). The fourth-order valence-electron chi connectivity index (χ4n) is 0.823. The summed E-state index contributed by atoms with van der Waals surface area (Å²) < 4.78 is 4.32. The predicted octanol–water partition coefficient (Wildman–Crippen LogP) is -3.41. The molecule has 0 amide bonds. The molecule has 15 heavy (non-hydrogen) atoms. The number of nitrogens with two attached hydrogens (primary N) is 2. The molecule has 1 aliphatic heterocycles. The minimum Gasteiger partial charge on any atom is -0.505 e. The molecule has 0 aromatic heterocycles. The van der Waals surface area contributed by atoms with Crippen molar-refractivity contribution in [2.24, 2.45) is 11.7 Å². The van der Waals surface area contributed by atoms with Crippen molar-refractivity contribution in [2.75, 3.05) is 6.61 Å². The van der Waals surface area contributed by atoms with E-state index >= 15 is 0 Å². The Labute approximate surface area is 84.5 Å². The van der Waals surface area contributed by atoms with E-state index in [2.05, 4.69) is 16.4 Å². The molecule has 0 radical (unpaired) electrons. The van der Waals surface area contributed by atoms with Gasteiger partial charge in [0.15, 0.2) is 11.9 Å². The van der Waals surface area contributed by atoms with Gasteiger partial charge >= 0.3 is 5.97 Å². The third kappa shape index (κ3) is 3.34. The fourth-order valence-corrected chi connectivity index (χ4v) is 0.823. The van der Waals surface area contributed by atoms with Gasteiger partial charge < -0.3 is 30.6 Å². The zero-order valence-electron chi connectivity index (χ0n) is 7.62. The molecule has 90 valence electrons. The van der Waals surface area contributed by atoms with Gasteiger partial charge in [0.25, 0.3) is 0 Å². The highest BCUT2D eigenvalue weighted by Crippen LogP contribution is 2.20. The Hall–Kier alpha value is -1.39. The Morgan fingerprint density at radius 2 is 1.87 bits per heavy atom. The molecule has 1 aliphatic rings. The van der Waals surface area contributed by atoms with E-state index in [1.54, 1.807) is 0 Å². The van der Waals surface area contributed by atoms with Gasteiger partial charge in [-0.05, 0) is 0 Å². The van der Waals surface area contributed by atoms with Crippen LogP contribution in [0.3, 0.4) is 0 Å². The topological polar surface area (TPSA) is 191 Å². The van der Waals surface area contributed by atoms with Gasteiger partial charge in [0, 0.05) is 0 Å². The molecular weight excluding hydrogens is 212 g/mol. The summed E-state index contributed by atoms with van der Waals surface area (Å²) >= 11 is 0. The lowest BCUT2D eigenvalue weighted by Gasteiger charge is -2.13. The van der Waals surface area contributed by atoms with Gasteiger partial charge in [0.2, 0.25) is 5.76 Å². The highest BCUT2D eigenvalue weighted by molar-refractivity contribution is 5.89. The van der Waals surface area contributed by atoms with Gasteiger partial charge in [-0.25, -0.2) is 4.79 Å². The largest absolute Gasteiger partial charge is 0.505 e. The summed E-state index contributed by atoms with van der Waals surface area (Å²) in [6.45, 7) is -0.671. The first-order valence-electron chi connectivity index (χ1n) is 3.53. The maximum Gasteiger partial charge on any atom is 0.377 e. The van der Waals surface area contributed by atoms with Crippen LogP contribution in [0.5, 0.6) is 0 Å². The summed E-state index contributed by atoms with van der Waals surface area (Å²) in [6.07, 6.45) is -2.78. The molecule has 10 N–H and O–H groups in total.